The molecule has 15 heavy (non-hydrogen) atoms. The molecule has 0 saturated carbocycles. The Morgan fingerprint density at radius 2 is 0.733 bits per heavy atom. The molecular formula is C7H22O7Ti. The second-order valence-corrected chi connectivity index (χ2v) is 1.25. The Hall–Kier alpha value is 0.434. The van der Waals surface area contributed by atoms with Crippen molar-refractivity contribution in [3.8, 4) is 0 Å². The summed E-state index contributed by atoms with van der Waals surface area (Å²) >= 11 is 0. The monoisotopic (exact) mass is 266 g/mol. The van der Waals surface area contributed by atoms with Crippen LogP contribution in [0.1, 0.15) is 20.8 Å². The van der Waals surface area contributed by atoms with Gasteiger partial charge in [0, 0.05) is 28.8 Å². The van der Waals surface area contributed by atoms with Gasteiger partial charge in [0.1, 0.15) is 0 Å². The maximum atomic E-state index is 7.38. The minimum absolute atomic E-state index is 0. The number of aliphatic hydroxyl groups excluding tert-OH is 1. The van der Waals surface area contributed by atoms with Crippen LogP contribution in [0.2, 0.25) is 0 Å². The van der Waals surface area contributed by atoms with Crippen LogP contribution in [0.25, 0.3) is 0 Å². The molecule has 0 radical (unpaired) electrons. The van der Waals surface area contributed by atoms with Gasteiger partial charge in [0.25, 0.3) is 0 Å². The summed E-state index contributed by atoms with van der Waals surface area (Å²) in [5.74, 6) is 0. The molecule has 7 nitrogen and oxygen atoms in total. The van der Waals surface area contributed by atoms with Crippen LogP contribution in [0.15, 0.2) is 0 Å². The van der Waals surface area contributed by atoms with Crippen molar-refractivity contribution in [2.45, 2.75) is 20.8 Å². The summed E-state index contributed by atoms with van der Waals surface area (Å²) in [6, 6.07) is 0. The van der Waals surface area contributed by atoms with E-state index < -0.39 is 0 Å². The minimum atomic E-state index is 0. The number of hydrogen-bond donors (Lipinski definition) is 4. The smallest absolute Gasteiger partial charge is 0.0791 e. The van der Waals surface area contributed by atoms with Gasteiger partial charge in [0.2, 0.25) is 0 Å². The van der Waals surface area contributed by atoms with Gasteiger partial charge < -0.3 is 5.11 Å². The molecule has 0 unspecified atom stereocenters. The molecule has 0 saturated heterocycles. The Morgan fingerprint density at radius 1 is 0.667 bits per heavy atom. The first-order valence-corrected chi connectivity index (χ1v) is 3.98. The van der Waals surface area contributed by atoms with E-state index in [2.05, 4.69) is 14.7 Å². The molecule has 0 aliphatic rings. The molecule has 0 aromatic heterocycles. The molecular weight excluding hydrogens is 244 g/mol. The molecule has 0 aliphatic heterocycles. The number of aliphatic hydroxyl groups is 1. The Labute approximate surface area is 105 Å². The molecule has 0 fully saturated rings. The van der Waals surface area contributed by atoms with Gasteiger partial charge in [-0.1, -0.05) is 0 Å². The zero-order chi connectivity index (χ0) is 12.2. The predicted molar refractivity (Wildman–Crippen MR) is 50.9 cm³/mol. The second-order valence-electron chi connectivity index (χ2n) is 1.25. The van der Waals surface area contributed by atoms with Crippen molar-refractivity contribution in [1.82, 2.24) is 0 Å². The second kappa shape index (κ2) is 62.9. The molecule has 96 valence electrons. The molecule has 0 rings (SSSR count). The fourth-order valence-electron chi connectivity index (χ4n) is 0. The zero-order valence-corrected chi connectivity index (χ0v) is 11.2. The SMILES string of the molecule is CCOO.CCOO.CCOO.CO.[Ti]. The van der Waals surface area contributed by atoms with Gasteiger partial charge in [-0.2, -0.15) is 0 Å². The molecule has 0 aliphatic carbocycles. The third kappa shape index (κ3) is 189. The average Bonchev–Trinajstić information content (AvgIpc) is 2.31. The Kier molecular flexibility index (Phi) is 124. The van der Waals surface area contributed by atoms with Crippen molar-refractivity contribution >= 4 is 0 Å². The van der Waals surface area contributed by atoms with Crippen molar-refractivity contribution < 1.29 is 57.3 Å². The Morgan fingerprint density at radius 3 is 0.733 bits per heavy atom. The molecule has 0 amide bonds. The van der Waals surface area contributed by atoms with E-state index in [9.17, 15) is 0 Å². The third-order valence-electron chi connectivity index (χ3n) is 0.387. The Balaban J connectivity index is -0.0000000298. The molecule has 0 heterocycles. The molecule has 0 atom stereocenters. The largest absolute Gasteiger partial charge is 0.400 e. The first-order valence-electron chi connectivity index (χ1n) is 3.98. The molecule has 0 aromatic carbocycles. The Bertz CT molecular complexity index is 34.8. The van der Waals surface area contributed by atoms with Gasteiger partial charge in [0.05, 0.1) is 19.8 Å². The first kappa shape index (κ1) is 29.5. The molecule has 0 spiro atoms. The van der Waals surface area contributed by atoms with Gasteiger partial charge in [-0.05, 0) is 20.8 Å². The number of rotatable bonds is 3. The summed E-state index contributed by atoms with van der Waals surface area (Å²) in [6.45, 7) is 6.25. The molecule has 4 N–H and O–H groups in total. The van der Waals surface area contributed by atoms with Crippen molar-refractivity contribution in [2.75, 3.05) is 26.9 Å². The van der Waals surface area contributed by atoms with Crippen molar-refractivity contribution in [1.29, 1.82) is 0 Å². The summed E-state index contributed by atoms with van der Waals surface area (Å²) in [7, 11) is 1.00. The summed E-state index contributed by atoms with van der Waals surface area (Å²) < 4.78 is 0. The summed E-state index contributed by atoms with van der Waals surface area (Å²) in [6.07, 6.45) is 0. The van der Waals surface area contributed by atoms with Crippen molar-refractivity contribution in [2.24, 2.45) is 0 Å². The van der Waals surface area contributed by atoms with Gasteiger partial charge >= 0.3 is 0 Å². The van der Waals surface area contributed by atoms with Gasteiger partial charge in [-0.15, -0.1) is 0 Å². The quantitative estimate of drug-likeness (QED) is 0.344. The summed E-state index contributed by atoms with van der Waals surface area (Å²) in [5.41, 5.74) is 0. The normalized spacial score (nSPS) is 6.40. The van der Waals surface area contributed by atoms with Crippen LogP contribution in [0.4, 0.5) is 0 Å². The van der Waals surface area contributed by atoms with E-state index in [-0.39, 0.29) is 21.7 Å². The van der Waals surface area contributed by atoms with Crippen LogP contribution >= 0.6 is 0 Å². The van der Waals surface area contributed by atoms with Gasteiger partial charge in [-0.25, -0.2) is 14.7 Å². The van der Waals surface area contributed by atoms with E-state index in [0.29, 0.717) is 19.8 Å². The van der Waals surface area contributed by atoms with Crippen LogP contribution in [-0.2, 0) is 36.4 Å². The van der Waals surface area contributed by atoms with Crippen LogP contribution in [0.5, 0.6) is 0 Å². The number of hydrogen-bond acceptors (Lipinski definition) is 7. The molecule has 0 aromatic rings. The van der Waals surface area contributed by atoms with Crippen LogP contribution in [0.3, 0.4) is 0 Å². The predicted octanol–water partition coefficient (Wildman–Crippen LogP) is 1.09. The van der Waals surface area contributed by atoms with E-state index in [1.165, 1.54) is 0 Å². The fraction of sp³-hybridized carbons (Fsp3) is 1.00. The minimum Gasteiger partial charge on any atom is -0.400 e. The summed E-state index contributed by atoms with van der Waals surface area (Å²) in [4.78, 5) is 10.6. The average molecular weight is 266 g/mol. The topological polar surface area (TPSA) is 109 Å². The maximum absolute atomic E-state index is 7.38. The van der Waals surface area contributed by atoms with Gasteiger partial charge in [0.15, 0.2) is 0 Å². The van der Waals surface area contributed by atoms with Crippen molar-refractivity contribution in [3.05, 3.63) is 0 Å². The van der Waals surface area contributed by atoms with Crippen LogP contribution in [-0.4, -0.2) is 47.8 Å². The zero-order valence-electron chi connectivity index (χ0n) is 9.63. The van der Waals surface area contributed by atoms with E-state index in [4.69, 9.17) is 20.9 Å². The van der Waals surface area contributed by atoms with E-state index in [1.54, 1.807) is 20.8 Å². The van der Waals surface area contributed by atoms with E-state index >= 15 is 0 Å². The standard InChI is InChI=1S/3C2H6O2.CH4O.Ti/c3*1-2-4-3;1-2;/h3*3H,2H2,1H3;2H,1H3;. The third-order valence-corrected chi connectivity index (χ3v) is 0.387. The first-order chi connectivity index (χ1) is 6.74. The maximum Gasteiger partial charge on any atom is 0.0791 e. The van der Waals surface area contributed by atoms with E-state index in [1.807, 2.05) is 0 Å². The van der Waals surface area contributed by atoms with Crippen LogP contribution in [0, 0.1) is 0 Å². The summed E-state index contributed by atoms with van der Waals surface area (Å²) in [5, 5.41) is 29.1. The van der Waals surface area contributed by atoms with E-state index in [0.717, 1.165) is 7.11 Å². The fourth-order valence-corrected chi connectivity index (χ4v) is 0. The van der Waals surface area contributed by atoms with Crippen molar-refractivity contribution in [3.63, 3.8) is 0 Å². The van der Waals surface area contributed by atoms with Gasteiger partial charge in [-0.3, -0.25) is 15.8 Å². The van der Waals surface area contributed by atoms with Crippen LogP contribution < -0.4 is 0 Å². The molecule has 8 heteroatoms. The molecule has 0 bridgehead atoms.